The lowest BCUT2D eigenvalue weighted by molar-refractivity contribution is 0.0548. The van der Waals surface area contributed by atoms with Crippen LogP contribution >= 0.6 is 0 Å². The molecular weight excluding hydrogens is 172 g/mol. The highest BCUT2D eigenvalue weighted by atomic mass is 16.3. The molecule has 3 atom stereocenters. The van der Waals surface area contributed by atoms with Gasteiger partial charge in [-0.2, -0.15) is 0 Å². The zero-order valence-electron chi connectivity index (χ0n) is 9.21. The van der Waals surface area contributed by atoms with Gasteiger partial charge in [0, 0.05) is 5.92 Å². The Kier molecular flexibility index (Phi) is 1.69. The van der Waals surface area contributed by atoms with Crippen LogP contribution in [0.2, 0.25) is 0 Å². The summed E-state index contributed by atoms with van der Waals surface area (Å²) in [4.78, 5) is 0. The zero-order valence-corrected chi connectivity index (χ0v) is 9.21. The summed E-state index contributed by atoms with van der Waals surface area (Å²) in [7, 11) is 0. The predicted molar refractivity (Wildman–Crippen MR) is 56.9 cm³/mol. The Morgan fingerprint density at radius 3 is 2.86 bits per heavy atom. The Balaban J connectivity index is 1.94. The molecule has 3 rings (SSSR count). The molecule has 3 aliphatic carbocycles. The van der Waals surface area contributed by atoms with Crippen molar-refractivity contribution in [2.24, 2.45) is 17.3 Å². The number of aliphatic hydroxyl groups is 1. The molecule has 0 bridgehead atoms. The van der Waals surface area contributed by atoms with E-state index < -0.39 is 0 Å². The Labute approximate surface area is 86.2 Å². The summed E-state index contributed by atoms with van der Waals surface area (Å²) in [6.45, 7) is 4.45. The highest BCUT2D eigenvalue weighted by Gasteiger charge is 2.52. The van der Waals surface area contributed by atoms with Crippen LogP contribution in [-0.4, -0.2) is 11.2 Å². The van der Waals surface area contributed by atoms with Gasteiger partial charge in [0.25, 0.3) is 0 Å². The van der Waals surface area contributed by atoms with Crippen molar-refractivity contribution in [2.45, 2.75) is 52.1 Å². The summed E-state index contributed by atoms with van der Waals surface area (Å²) in [5, 5.41) is 10.3. The molecule has 0 heterocycles. The van der Waals surface area contributed by atoms with Crippen LogP contribution in [0.4, 0.5) is 0 Å². The topological polar surface area (TPSA) is 20.2 Å². The summed E-state index contributed by atoms with van der Waals surface area (Å²) in [5.74, 6) is 1.33. The van der Waals surface area contributed by atoms with Crippen LogP contribution in [0, 0.1) is 17.3 Å². The minimum Gasteiger partial charge on any atom is -0.392 e. The SMILES string of the molecule is CC1(C)C[C@H]2CC3=C(CCC3)[C@H]2[C@H]1O. The third-order valence-corrected chi connectivity index (χ3v) is 4.73. The van der Waals surface area contributed by atoms with Crippen LogP contribution in [0.15, 0.2) is 11.1 Å². The first kappa shape index (κ1) is 8.96. The molecule has 1 fully saturated rings. The van der Waals surface area contributed by atoms with Crippen molar-refractivity contribution in [3.05, 3.63) is 11.1 Å². The second kappa shape index (κ2) is 2.63. The van der Waals surface area contributed by atoms with E-state index in [0.717, 1.165) is 5.92 Å². The smallest absolute Gasteiger partial charge is 0.0659 e. The fourth-order valence-corrected chi connectivity index (χ4v) is 4.12. The number of aliphatic hydroxyl groups excluding tert-OH is 1. The molecule has 0 radical (unpaired) electrons. The normalized spacial score (nSPS) is 44.4. The van der Waals surface area contributed by atoms with Crippen molar-refractivity contribution < 1.29 is 5.11 Å². The number of hydrogen-bond donors (Lipinski definition) is 1. The summed E-state index contributed by atoms with van der Waals surface area (Å²) >= 11 is 0. The molecule has 0 aliphatic heterocycles. The first-order valence-corrected chi connectivity index (χ1v) is 5.98. The molecule has 0 aromatic carbocycles. The van der Waals surface area contributed by atoms with Crippen LogP contribution in [0.3, 0.4) is 0 Å². The van der Waals surface area contributed by atoms with E-state index in [4.69, 9.17) is 0 Å². The standard InChI is InChI=1S/C13H20O/c1-13(2)7-9-6-8-4-3-5-10(8)11(9)12(13)14/h9,11-12,14H,3-7H2,1-2H3/t9-,11+,12-/m1/s1. The summed E-state index contributed by atoms with van der Waals surface area (Å²) < 4.78 is 0. The summed E-state index contributed by atoms with van der Waals surface area (Å²) in [5.41, 5.74) is 3.54. The van der Waals surface area contributed by atoms with E-state index in [0.29, 0.717) is 5.92 Å². The van der Waals surface area contributed by atoms with Gasteiger partial charge in [-0.1, -0.05) is 25.0 Å². The van der Waals surface area contributed by atoms with Crippen molar-refractivity contribution in [3.8, 4) is 0 Å². The molecule has 0 aromatic rings. The van der Waals surface area contributed by atoms with E-state index in [1.165, 1.54) is 32.1 Å². The maximum absolute atomic E-state index is 10.3. The number of allylic oxidation sites excluding steroid dienone is 1. The Bertz CT molecular complexity index is 300. The fourth-order valence-electron chi connectivity index (χ4n) is 4.12. The zero-order chi connectivity index (χ0) is 9.92. The molecule has 0 spiro atoms. The lowest BCUT2D eigenvalue weighted by atomic mass is 9.85. The van der Waals surface area contributed by atoms with Crippen molar-refractivity contribution in [1.82, 2.24) is 0 Å². The van der Waals surface area contributed by atoms with E-state index in [1.807, 2.05) is 0 Å². The van der Waals surface area contributed by atoms with Crippen LogP contribution in [-0.2, 0) is 0 Å². The van der Waals surface area contributed by atoms with E-state index >= 15 is 0 Å². The van der Waals surface area contributed by atoms with Gasteiger partial charge in [-0.05, 0) is 43.4 Å². The molecule has 3 aliphatic rings. The van der Waals surface area contributed by atoms with Gasteiger partial charge in [-0.15, -0.1) is 0 Å². The predicted octanol–water partition coefficient (Wildman–Crippen LogP) is 2.89. The molecule has 0 saturated heterocycles. The van der Waals surface area contributed by atoms with Gasteiger partial charge in [0.05, 0.1) is 6.10 Å². The molecule has 0 amide bonds. The number of rotatable bonds is 0. The lowest BCUT2D eigenvalue weighted by Crippen LogP contribution is -2.28. The molecule has 78 valence electrons. The van der Waals surface area contributed by atoms with Crippen LogP contribution < -0.4 is 0 Å². The summed E-state index contributed by atoms with van der Waals surface area (Å²) in [6, 6.07) is 0. The van der Waals surface area contributed by atoms with Crippen molar-refractivity contribution >= 4 is 0 Å². The van der Waals surface area contributed by atoms with Crippen LogP contribution in [0.5, 0.6) is 0 Å². The lowest BCUT2D eigenvalue weighted by Gasteiger charge is -2.26. The first-order chi connectivity index (χ1) is 6.59. The van der Waals surface area contributed by atoms with Crippen molar-refractivity contribution in [2.75, 3.05) is 0 Å². The van der Waals surface area contributed by atoms with Gasteiger partial charge < -0.3 is 5.11 Å². The van der Waals surface area contributed by atoms with Crippen LogP contribution in [0.1, 0.15) is 46.0 Å². The molecular formula is C13H20O. The minimum absolute atomic E-state index is 0.0712. The van der Waals surface area contributed by atoms with Gasteiger partial charge in [0.2, 0.25) is 0 Å². The maximum atomic E-state index is 10.3. The number of fused-ring (bicyclic) bond motifs is 2. The number of hydrogen-bond acceptors (Lipinski definition) is 1. The maximum Gasteiger partial charge on any atom is 0.0659 e. The van der Waals surface area contributed by atoms with E-state index in [-0.39, 0.29) is 11.5 Å². The van der Waals surface area contributed by atoms with Gasteiger partial charge in [-0.25, -0.2) is 0 Å². The molecule has 1 N–H and O–H groups in total. The quantitative estimate of drug-likeness (QED) is 0.585. The van der Waals surface area contributed by atoms with Crippen LogP contribution in [0.25, 0.3) is 0 Å². The molecule has 0 unspecified atom stereocenters. The highest BCUT2D eigenvalue weighted by Crippen LogP contribution is 2.58. The largest absolute Gasteiger partial charge is 0.392 e. The van der Waals surface area contributed by atoms with Gasteiger partial charge in [-0.3, -0.25) is 0 Å². The average molecular weight is 192 g/mol. The second-order valence-electron chi connectivity index (χ2n) is 6.11. The van der Waals surface area contributed by atoms with E-state index in [1.54, 1.807) is 11.1 Å². The fraction of sp³-hybridized carbons (Fsp3) is 0.846. The Hall–Kier alpha value is -0.300. The molecule has 1 nitrogen and oxygen atoms in total. The molecule has 14 heavy (non-hydrogen) atoms. The van der Waals surface area contributed by atoms with Crippen molar-refractivity contribution in [3.63, 3.8) is 0 Å². The summed E-state index contributed by atoms with van der Waals surface area (Å²) in [6.07, 6.45) is 6.42. The highest BCUT2D eigenvalue weighted by molar-refractivity contribution is 5.32. The Morgan fingerprint density at radius 1 is 1.29 bits per heavy atom. The minimum atomic E-state index is -0.0712. The van der Waals surface area contributed by atoms with E-state index in [2.05, 4.69) is 13.8 Å². The molecule has 1 saturated carbocycles. The van der Waals surface area contributed by atoms with Crippen molar-refractivity contribution in [1.29, 1.82) is 0 Å². The third-order valence-electron chi connectivity index (χ3n) is 4.73. The third kappa shape index (κ3) is 0.995. The van der Waals surface area contributed by atoms with Gasteiger partial charge in [0.1, 0.15) is 0 Å². The first-order valence-electron chi connectivity index (χ1n) is 5.98. The van der Waals surface area contributed by atoms with Gasteiger partial charge in [0.15, 0.2) is 0 Å². The molecule has 0 aromatic heterocycles. The second-order valence-corrected chi connectivity index (χ2v) is 6.11. The van der Waals surface area contributed by atoms with Gasteiger partial charge >= 0.3 is 0 Å². The Morgan fingerprint density at radius 2 is 2.07 bits per heavy atom. The van der Waals surface area contributed by atoms with E-state index in [9.17, 15) is 5.11 Å². The average Bonchev–Trinajstić information content (AvgIpc) is 2.65. The monoisotopic (exact) mass is 192 g/mol. The molecule has 1 heteroatoms.